The number of nitrogens with two attached hydrogens (primary N) is 1. The first-order chi connectivity index (χ1) is 9.54. The van der Waals surface area contributed by atoms with Crippen LogP contribution in [-0.4, -0.2) is 18.9 Å². The van der Waals surface area contributed by atoms with E-state index in [1.165, 1.54) is 6.42 Å². The van der Waals surface area contributed by atoms with Gasteiger partial charge >= 0.3 is 0 Å². The summed E-state index contributed by atoms with van der Waals surface area (Å²) in [4.78, 5) is 12.9. The molecule has 0 radical (unpaired) electrons. The molecule has 0 saturated heterocycles. The minimum Gasteiger partial charge on any atom is -0.496 e. The molecule has 1 aromatic rings. The number of carbonyl (C=O) groups is 1. The Bertz CT molecular complexity index is 550. The Balaban J connectivity index is 1.97. The third-order valence-corrected chi connectivity index (χ3v) is 5.43. The Morgan fingerprint density at radius 2 is 1.95 bits per heavy atom. The summed E-state index contributed by atoms with van der Waals surface area (Å²) in [6.45, 7) is 4.04. The summed E-state index contributed by atoms with van der Waals surface area (Å²) in [6.07, 6.45) is 3.48. The van der Waals surface area contributed by atoms with E-state index in [0.29, 0.717) is 17.4 Å². The molecule has 0 amide bonds. The Morgan fingerprint density at radius 3 is 2.55 bits per heavy atom. The first kappa shape index (κ1) is 13.6. The van der Waals surface area contributed by atoms with Crippen molar-refractivity contribution in [1.29, 1.82) is 0 Å². The third-order valence-electron chi connectivity index (χ3n) is 5.43. The van der Waals surface area contributed by atoms with Crippen molar-refractivity contribution in [2.24, 2.45) is 23.5 Å². The molecule has 0 aromatic heterocycles. The van der Waals surface area contributed by atoms with E-state index >= 15 is 0 Å². The lowest BCUT2D eigenvalue weighted by Gasteiger charge is -2.27. The SMILES string of the molecule is COc1c(C(=O)C2C3CCC(C3)C2N)ccc(C)c1C. The van der Waals surface area contributed by atoms with Gasteiger partial charge in [-0.2, -0.15) is 0 Å². The molecule has 0 heterocycles. The topological polar surface area (TPSA) is 52.3 Å². The lowest BCUT2D eigenvalue weighted by Crippen LogP contribution is -2.40. The maximum absolute atomic E-state index is 12.9. The summed E-state index contributed by atoms with van der Waals surface area (Å²) in [5.74, 6) is 1.93. The predicted octanol–water partition coefficient (Wildman–Crippen LogP) is 2.87. The van der Waals surface area contributed by atoms with Gasteiger partial charge < -0.3 is 10.5 Å². The van der Waals surface area contributed by atoms with E-state index < -0.39 is 0 Å². The monoisotopic (exact) mass is 273 g/mol. The number of Topliss-reactive ketones (excluding diaryl/α,β-unsaturated/α-hetero) is 1. The molecule has 3 nitrogen and oxygen atoms in total. The molecule has 2 aliphatic rings. The average Bonchev–Trinajstić information content (AvgIpc) is 3.01. The molecule has 20 heavy (non-hydrogen) atoms. The van der Waals surface area contributed by atoms with E-state index in [1.807, 2.05) is 26.0 Å². The molecule has 2 fully saturated rings. The molecule has 2 bridgehead atoms. The number of fused-ring (bicyclic) bond motifs is 2. The number of methoxy groups -OCH3 is 1. The van der Waals surface area contributed by atoms with Gasteiger partial charge in [-0.25, -0.2) is 0 Å². The molecule has 2 aliphatic carbocycles. The van der Waals surface area contributed by atoms with Crippen LogP contribution < -0.4 is 10.5 Å². The lowest BCUT2D eigenvalue weighted by atomic mass is 9.79. The fourth-order valence-electron chi connectivity index (χ4n) is 4.15. The fraction of sp³-hybridized carbons (Fsp3) is 0.588. The van der Waals surface area contributed by atoms with Crippen LogP contribution in [0.1, 0.15) is 40.7 Å². The van der Waals surface area contributed by atoms with Crippen molar-refractivity contribution in [2.75, 3.05) is 7.11 Å². The summed E-state index contributed by atoms with van der Waals surface area (Å²) in [6, 6.07) is 3.94. The number of hydrogen-bond donors (Lipinski definition) is 1. The molecule has 0 spiro atoms. The van der Waals surface area contributed by atoms with Crippen LogP contribution >= 0.6 is 0 Å². The first-order valence-electron chi connectivity index (χ1n) is 7.48. The molecule has 2 N–H and O–H groups in total. The average molecular weight is 273 g/mol. The van der Waals surface area contributed by atoms with Gasteiger partial charge in [-0.1, -0.05) is 6.07 Å². The second kappa shape index (κ2) is 4.88. The highest BCUT2D eigenvalue weighted by molar-refractivity contribution is 6.01. The van der Waals surface area contributed by atoms with Crippen LogP contribution in [0, 0.1) is 31.6 Å². The van der Waals surface area contributed by atoms with Crippen LogP contribution in [0.25, 0.3) is 0 Å². The van der Waals surface area contributed by atoms with Crippen molar-refractivity contribution in [2.45, 2.75) is 39.2 Å². The molecule has 108 valence electrons. The second-order valence-electron chi connectivity index (χ2n) is 6.39. The van der Waals surface area contributed by atoms with Gasteiger partial charge in [-0.3, -0.25) is 4.79 Å². The maximum atomic E-state index is 12.9. The number of aryl methyl sites for hydroxylation is 1. The van der Waals surface area contributed by atoms with Crippen LogP contribution in [0.4, 0.5) is 0 Å². The minimum atomic E-state index is -0.00949. The minimum absolute atomic E-state index is 0.00949. The van der Waals surface area contributed by atoms with Crippen LogP contribution in [0.3, 0.4) is 0 Å². The van der Waals surface area contributed by atoms with Crippen molar-refractivity contribution in [3.05, 3.63) is 28.8 Å². The van der Waals surface area contributed by atoms with Gasteiger partial charge in [0.2, 0.25) is 0 Å². The number of carbonyl (C=O) groups excluding carboxylic acids is 1. The van der Waals surface area contributed by atoms with Gasteiger partial charge in [0.25, 0.3) is 0 Å². The van der Waals surface area contributed by atoms with E-state index in [-0.39, 0.29) is 17.7 Å². The molecule has 2 saturated carbocycles. The number of ketones is 1. The normalized spacial score (nSPS) is 31.6. The fourth-order valence-corrected chi connectivity index (χ4v) is 4.15. The quantitative estimate of drug-likeness (QED) is 0.862. The summed E-state index contributed by atoms with van der Waals surface area (Å²) < 4.78 is 5.49. The largest absolute Gasteiger partial charge is 0.496 e. The Labute approximate surface area is 120 Å². The molecule has 1 aromatic carbocycles. The van der Waals surface area contributed by atoms with Crippen molar-refractivity contribution < 1.29 is 9.53 Å². The Morgan fingerprint density at radius 1 is 1.25 bits per heavy atom. The molecule has 4 atom stereocenters. The standard InChI is InChI=1S/C17H23NO2/c1-9-4-7-13(17(20-3)10(9)2)16(19)14-11-5-6-12(8-11)15(14)18/h4,7,11-12,14-15H,5-6,8,18H2,1-3H3. The Hall–Kier alpha value is -1.35. The van der Waals surface area contributed by atoms with Gasteiger partial charge in [0, 0.05) is 12.0 Å². The zero-order valence-electron chi connectivity index (χ0n) is 12.5. The van der Waals surface area contributed by atoms with E-state index in [9.17, 15) is 4.79 Å². The molecule has 3 rings (SSSR count). The third kappa shape index (κ3) is 1.87. The summed E-state index contributed by atoms with van der Waals surface area (Å²) in [7, 11) is 1.64. The summed E-state index contributed by atoms with van der Waals surface area (Å²) in [5, 5.41) is 0. The van der Waals surface area contributed by atoms with Crippen molar-refractivity contribution in [1.82, 2.24) is 0 Å². The van der Waals surface area contributed by atoms with Gasteiger partial charge in [0.1, 0.15) is 5.75 Å². The van der Waals surface area contributed by atoms with Crippen molar-refractivity contribution in [3.8, 4) is 5.75 Å². The van der Waals surface area contributed by atoms with Crippen LogP contribution in [0.5, 0.6) is 5.75 Å². The maximum Gasteiger partial charge on any atom is 0.171 e. The van der Waals surface area contributed by atoms with Crippen molar-refractivity contribution >= 4 is 5.78 Å². The summed E-state index contributed by atoms with van der Waals surface area (Å²) >= 11 is 0. The molecule has 4 unspecified atom stereocenters. The highest BCUT2D eigenvalue weighted by Crippen LogP contribution is 2.49. The van der Waals surface area contributed by atoms with Crippen LogP contribution in [-0.2, 0) is 0 Å². The van der Waals surface area contributed by atoms with Crippen molar-refractivity contribution in [3.63, 3.8) is 0 Å². The van der Waals surface area contributed by atoms with E-state index in [2.05, 4.69) is 0 Å². The molecular weight excluding hydrogens is 250 g/mol. The number of benzene rings is 1. The van der Waals surface area contributed by atoms with Gasteiger partial charge in [0.05, 0.1) is 12.7 Å². The summed E-state index contributed by atoms with van der Waals surface area (Å²) in [5.41, 5.74) is 9.21. The van der Waals surface area contributed by atoms with Crippen LogP contribution in [0.15, 0.2) is 12.1 Å². The Kier molecular flexibility index (Phi) is 3.33. The zero-order valence-corrected chi connectivity index (χ0v) is 12.5. The first-order valence-corrected chi connectivity index (χ1v) is 7.48. The number of rotatable bonds is 3. The van der Waals surface area contributed by atoms with Gasteiger partial charge in [0.15, 0.2) is 5.78 Å². The molecular formula is C17H23NO2. The van der Waals surface area contributed by atoms with E-state index in [4.69, 9.17) is 10.5 Å². The smallest absolute Gasteiger partial charge is 0.171 e. The highest BCUT2D eigenvalue weighted by Gasteiger charge is 2.49. The van der Waals surface area contributed by atoms with Crippen LogP contribution in [0.2, 0.25) is 0 Å². The number of ether oxygens (including phenoxy) is 1. The zero-order chi connectivity index (χ0) is 14.4. The van der Waals surface area contributed by atoms with E-state index in [0.717, 1.165) is 29.7 Å². The second-order valence-corrected chi connectivity index (χ2v) is 6.39. The number of hydrogen-bond acceptors (Lipinski definition) is 3. The molecule has 3 heteroatoms. The predicted molar refractivity (Wildman–Crippen MR) is 79.1 cm³/mol. The van der Waals surface area contributed by atoms with Gasteiger partial charge in [-0.05, 0) is 62.1 Å². The lowest BCUT2D eigenvalue weighted by molar-refractivity contribution is 0.0853. The molecule has 0 aliphatic heterocycles. The van der Waals surface area contributed by atoms with Gasteiger partial charge in [-0.15, -0.1) is 0 Å². The van der Waals surface area contributed by atoms with E-state index in [1.54, 1.807) is 7.11 Å². The highest BCUT2D eigenvalue weighted by atomic mass is 16.5.